The fourth-order valence-electron chi connectivity index (χ4n) is 1.63. The molecule has 1 aromatic carbocycles. The Morgan fingerprint density at radius 1 is 1.45 bits per heavy atom. The summed E-state index contributed by atoms with van der Waals surface area (Å²) in [5.74, 6) is 5.66. The lowest BCUT2D eigenvalue weighted by molar-refractivity contribution is 0.0870. The Labute approximate surface area is 120 Å². The molecular formula is C16H21NO3. The van der Waals surface area contributed by atoms with Gasteiger partial charge in [0.05, 0.1) is 12.7 Å². The fraction of sp³-hybridized carbons (Fsp3) is 0.438. The Morgan fingerprint density at radius 2 is 2.20 bits per heavy atom. The largest absolute Gasteiger partial charge is 0.395 e. The zero-order chi connectivity index (χ0) is 15.0. The summed E-state index contributed by atoms with van der Waals surface area (Å²) in [6.07, 6.45) is 0.411. The van der Waals surface area contributed by atoms with Crippen molar-refractivity contribution in [3.8, 4) is 11.8 Å². The van der Waals surface area contributed by atoms with E-state index in [1.54, 1.807) is 13.2 Å². The predicted molar refractivity (Wildman–Crippen MR) is 78.6 cm³/mol. The molecule has 0 spiro atoms. The van der Waals surface area contributed by atoms with Crippen molar-refractivity contribution < 1.29 is 14.6 Å². The number of hydrogen-bond donors (Lipinski definition) is 2. The van der Waals surface area contributed by atoms with Gasteiger partial charge in [0.25, 0.3) is 5.91 Å². The molecule has 1 atom stereocenters. The van der Waals surface area contributed by atoms with E-state index in [1.165, 1.54) is 0 Å². The zero-order valence-electron chi connectivity index (χ0n) is 12.2. The number of benzene rings is 1. The molecule has 0 aliphatic heterocycles. The molecule has 20 heavy (non-hydrogen) atoms. The number of methoxy groups -OCH3 is 1. The van der Waals surface area contributed by atoms with Crippen LogP contribution in [0.25, 0.3) is 0 Å². The number of aliphatic hydroxyl groups is 1. The van der Waals surface area contributed by atoms with E-state index in [0.29, 0.717) is 18.5 Å². The Morgan fingerprint density at radius 3 is 2.85 bits per heavy atom. The molecule has 0 bridgehead atoms. The highest BCUT2D eigenvalue weighted by atomic mass is 16.5. The number of aliphatic hydroxyl groups excluding tert-OH is 1. The first kappa shape index (κ1) is 16.2. The van der Waals surface area contributed by atoms with E-state index in [2.05, 4.69) is 17.2 Å². The number of rotatable bonds is 5. The highest BCUT2D eigenvalue weighted by Crippen LogP contribution is 2.09. The summed E-state index contributed by atoms with van der Waals surface area (Å²) in [5.41, 5.74) is 2.34. The quantitative estimate of drug-likeness (QED) is 0.801. The topological polar surface area (TPSA) is 58.6 Å². The molecule has 0 radical (unpaired) electrons. The predicted octanol–water partition coefficient (Wildman–Crippen LogP) is 1.49. The smallest absolute Gasteiger partial charge is 0.251 e. The van der Waals surface area contributed by atoms with Crippen molar-refractivity contribution in [3.63, 3.8) is 0 Å². The lowest BCUT2D eigenvalue weighted by atomic mass is 10.1. The van der Waals surface area contributed by atoms with Crippen molar-refractivity contribution in [2.75, 3.05) is 20.3 Å². The fourth-order valence-corrected chi connectivity index (χ4v) is 1.63. The number of amides is 1. The van der Waals surface area contributed by atoms with E-state index in [9.17, 15) is 4.79 Å². The van der Waals surface area contributed by atoms with Crippen molar-refractivity contribution in [1.29, 1.82) is 0 Å². The molecule has 0 heterocycles. The number of carbonyl (C=O) groups excluding carboxylic acids is 1. The maximum absolute atomic E-state index is 12.0. The van der Waals surface area contributed by atoms with E-state index in [1.807, 2.05) is 26.0 Å². The second-order valence-electron chi connectivity index (χ2n) is 4.62. The minimum absolute atomic E-state index is 0.0208. The van der Waals surface area contributed by atoms with E-state index in [0.717, 1.165) is 11.1 Å². The van der Waals surface area contributed by atoms with Crippen molar-refractivity contribution >= 4 is 5.91 Å². The highest BCUT2D eigenvalue weighted by Gasteiger charge is 2.08. The van der Waals surface area contributed by atoms with Crippen LogP contribution in [0.15, 0.2) is 18.2 Å². The van der Waals surface area contributed by atoms with E-state index in [4.69, 9.17) is 9.84 Å². The van der Waals surface area contributed by atoms with Gasteiger partial charge in [-0.05, 0) is 37.6 Å². The lowest BCUT2D eigenvalue weighted by Crippen LogP contribution is -2.31. The van der Waals surface area contributed by atoms with Crippen molar-refractivity contribution in [3.05, 3.63) is 34.9 Å². The SMILES string of the molecule is COC(C)CNC(=O)c1cc(C)cc(C#CCCO)c1. The minimum Gasteiger partial charge on any atom is -0.395 e. The summed E-state index contributed by atoms with van der Waals surface area (Å²) < 4.78 is 5.09. The van der Waals surface area contributed by atoms with Gasteiger partial charge in [0.2, 0.25) is 0 Å². The first-order chi connectivity index (χ1) is 9.56. The Bertz CT molecular complexity index is 514. The molecule has 0 saturated carbocycles. The zero-order valence-corrected chi connectivity index (χ0v) is 12.2. The van der Waals surface area contributed by atoms with E-state index < -0.39 is 0 Å². The Balaban J connectivity index is 2.80. The average molecular weight is 275 g/mol. The molecule has 2 N–H and O–H groups in total. The summed E-state index contributed by atoms with van der Waals surface area (Å²) in [6, 6.07) is 5.49. The number of carbonyl (C=O) groups is 1. The van der Waals surface area contributed by atoms with Gasteiger partial charge >= 0.3 is 0 Å². The monoisotopic (exact) mass is 275 g/mol. The van der Waals surface area contributed by atoms with Gasteiger partial charge in [-0.15, -0.1) is 0 Å². The molecule has 1 rings (SSSR count). The highest BCUT2D eigenvalue weighted by molar-refractivity contribution is 5.94. The molecule has 0 aliphatic rings. The van der Waals surface area contributed by atoms with Crippen LogP contribution in [0.2, 0.25) is 0 Å². The third-order valence-electron chi connectivity index (χ3n) is 2.76. The maximum atomic E-state index is 12.0. The molecule has 0 aromatic heterocycles. The van der Waals surface area contributed by atoms with Gasteiger partial charge < -0.3 is 15.2 Å². The van der Waals surface area contributed by atoms with Gasteiger partial charge in [-0.3, -0.25) is 4.79 Å². The van der Waals surface area contributed by atoms with Gasteiger partial charge in [-0.25, -0.2) is 0 Å². The van der Waals surface area contributed by atoms with Crippen LogP contribution >= 0.6 is 0 Å². The second kappa shape index (κ2) is 8.36. The van der Waals surface area contributed by atoms with Crippen LogP contribution < -0.4 is 5.32 Å². The molecule has 1 aromatic rings. The van der Waals surface area contributed by atoms with Crippen LogP contribution in [0.3, 0.4) is 0 Å². The van der Waals surface area contributed by atoms with Gasteiger partial charge in [0, 0.05) is 31.2 Å². The van der Waals surface area contributed by atoms with Crippen molar-refractivity contribution in [2.24, 2.45) is 0 Å². The molecule has 108 valence electrons. The first-order valence-electron chi connectivity index (χ1n) is 6.59. The van der Waals surface area contributed by atoms with Gasteiger partial charge in [-0.1, -0.05) is 11.8 Å². The minimum atomic E-state index is -0.136. The summed E-state index contributed by atoms with van der Waals surface area (Å²) in [7, 11) is 1.61. The van der Waals surface area contributed by atoms with Gasteiger partial charge in [-0.2, -0.15) is 0 Å². The maximum Gasteiger partial charge on any atom is 0.251 e. The van der Waals surface area contributed by atoms with Crippen LogP contribution in [0, 0.1) is 18.8 Å². The molecule has 4 heteroatoms. The molecule has 0 aliphatic carbocycles. The number of nitrogens with one attached hydrogen (secondary N) is 1. The van der Waals surface area contributed by atoms with Crippen LogP contribution in [-0.4, -0.2) is 37.4 Å². The van der Waals surface area contributed by atoms with E-state index >= 15 is 0 Å². The molecule has 0 fully saturated rings. The van der Waals surface area contributed by atoms with Crippen molar-refractivity contribution in [2.45, 2.75) is 26.4 Å². The van der Waals surface area contributed by atoms with Crippen molar-refractivity contribution in [1.82, 2.24) is 5.32 Å². The number of hydrogen-bond acceptors (Lipinski definition) is 3. The molecule has 1 unspecified atom stereocenters. The summed E-state index contributed by atoms with van der Waals surface area (Å²) in [5, 5.41) is 11.5. The lowest BCUT2D eigenvalue weighted by Gasteiger charge is -2.11. The average Bonchev–Trinajstić information content (AvgIpc) is 2.44. The number of ether oxygens (including phenoxy) is 1. The summed E-state index contributed by atoms with van der Waals surface area (Å²) >= 11 is 0. The molecule has 1 amide bonds. The van der Waals surface area contributed by atoms with E-state index in [-0.39, 0.29) is 18.6 Å². The van der Waals surface area contributed by atoms with Crippen LogP contribution in [-0.2, 0) is 4.74 Å². The second-order valence-corrected chi connectivity index (χ2v) is 4.62. The standard InChI is InChI=1S/C16H21NO3/c1-12-8-14(6-4-5-7-18)10-15(9-12)16(19)17-11-13(2)20-3/h8-10,13,18H,5,7,11H2,1-3H3,(H,17,19). The van der Waals surface area contributed by atoms with Gasteiger partial charge in [0.15, 0.2) is 0 Å². The molecular weight excluding hydrogens is 254 g/mol. The first-order valence-corrected chi connectivity index (χ1v) is 6.59. The summed E-state index contributed by atoms with van der Waals surface area (Å²) in [4.78, 5) is 12.0. The van der Waals surface area contributed by atoms with Crippen LogP contribution in [0.4, 0.5) is 0 Å². The van der Waals surface area contributed by atoms with Crippen LogP contribution in [0.1, 0.15) is 34.8 Å². The van der Waals surface area contributed by atoms with Crippen LogP contribution in [0.5, 0.6) is 0 Å². The Hall–Kier alpha value is -1.83. The Kier molecular flexibility index (Phi) is 6.78. The van der Waals surface area contributed by atoms with Gasteiger partial charge in [0.1, 0.15) is 0 Å². The third-order valence-corrected chi connectivity index (χ3v) is 2.76. The molecule has 4 nitrogen and oxygen atoms in total. The number of aryl methyl sites for hydroxylation is 1. The summed E-state index contributed by atoms with van der Waals surface area (Å²) in [6.45, 7) is 4.32. The molecule has 0 saturated heterocycles. The third kappa shape index (κ3) is 5.43. The normalized spacial score (nSPS) is 11.4.